The maximum absolute atomic E-state index is 14.0. The Kier molecular flexibility index (Phi) is 6.86. The molecule has 2 aliphatic rings. The standard InChI is InChI=1S/C25H29FN4O5S2/c1-35-24-4-3-18(26)15-21(24)20-5-10-27-25-22(20)16-23(28-25)17-6-11-30(12-7-17)37(33,34)19-8-13-29(14-9-19)36(2,31)32/h3-6,10,15-16,19H,7-9,11-14H2,1-2H3,(H,27,28). The van der Waals surface area contributed by atoms with Gasteiger partial charge in [-0.2, -0.15) is 4.31 Å². The summed E-state index contributed by atoms with van der Waals surface area (Å²) in [6, 6.07) is 8.15. The highest BCUT2D eigenvalue weighted by Crippen LogP contribution is 2.37. The van der Waals surface area contributed by atoms with E-state index < -0.39 is 25.3 Å². The van der Waals surface area contributed by atoms with Crippen molar-refractivity contribution in [3.05, 3.63) is 54.1 Å². The number of halogens is 1. The third kappa shape index (κ3) is 5.02. The minimum atomic E-state index is -3.54. The Balaban J connectivity index is 1.36. The molecule has 12 heteroatoms. The largest absolute Gasteiger partial charge is 0.496 e. The highest BCUT2D eigenvalue weighted by Gasteiger charge is 2.37. The Bertz CT molecular complexity index is 1580. The summed E-state index contributed by atoms with van der Waals surface area (Å²) in [6.45, 7) is 1.03. The Morgan fingerprint density at radius 2 is 1.78 bits per heavy atom. The minimum absolute atomic E-state index is 0.220. The van der Waals surface area contributed by atoms with Crippen molar-refractivity contribution in [3.63, 3.8) is 0 Å². The van der Waals surface area contributed by atoms with Gasteiger partial charge in [0.25, 0.3) is 0 Å². The molecule has 4 heterocycles. The van der Waals surface area contributed by atoms with Crippen LogP contribution in [0.3, 0.4) is 0 Å². The summed E-state index contributed by atoms with van der Waals surface area (Å²) in [5.74, 6) is 0.187. The molecule has 0 spiro atoms. The lowest BCUT2D eigenvalue weighted by molar-refractivity contribution is 0.336. The number of H-pyrrole nitrogens is 1. The lowest BCUT2D eigenvalue weighted by Gasteiger charge is -2.34. The van der Waals surface area contributed by atoms with Gasteiger partial charge in [-0.15, -0.1) is 0 Å². The monoisotopic (exact) mass is 548 g/mol. The fourth-order valence-corrected chi connectivity index (χ4v) is 7.85. The van der Waals surface area contributed by atoms with Gasteiger partial charge in [0.1, 0.15) is 17.2 Å². The van der Waals surface area contributed by atoms with Crippen molar-refractivity contribution < 1.29 is 26.0 Å². The molecule has 0 radical (unpaired) electrons. The van der Waals surface area contributed by atoms with Gasteiger partial charge < -0.3 is 9.72 Å². The van der Waals surface area contributed by atoms with Crippen LogP contribution in [0.15, 0.2) is 42.6 Å². The number of aromatic amines is 1. The lowest BCUT2D eigenvalue weighted by Crippen LogP contribution is -2.47. The van der Waals surface area contributed by atoms with E-state index in [1.54, 1.807) is 19.4 Å². The number of nitrogens with one attached hydrogen (secondary N) is 1. The quantitative estimate of drug-likeness (QED) is 0.506. The zero-order chi connectivity index (χ0) is 26.4. The molecular formula is C25H29FN4O5S2. The molecule has 0 aliphatic carbocycles. The number of nitrogens with zero attached hydrogens (tertiary/aromatic N) is 3. The first-order chi connectivity index (χ1) is 17.6. The van der Waals surface area contributed by atoms with Gasteiger partial charge in [0.15, 0.2) is 0 Å². The molecule has 3 aromatic rings. The van der Waals surface area contributed by atoms with Crippen molar-refractivity contribution >= 4 is 36.7 Å². The van der Waals surface area contributed by atoms with E-state index in [0.29, 0.717) is 42.8 Å². The Hall–Kier alpha value is -2.80. The summed E-state index contributed by atoms with van der Waals surface area (Å²) < 4.78 is 72.3. The molecule has 0 amide bonds. The van der Waals surface area contributed by atoms with Gasteiger partial charge in [-0.1, -0.05) is 6.08 Å². The lowest BCUT2D eigenvalue weighted by atomic mass is 10.0. The number of benzene rings is 1. The molecule has 0 bridgehead atoms. The molecule has 2 aliphatic heterocycles. The van der Waals surface area contributed by atoms with Crippen LogP contribution in [0, 0.1) is 5.82 Å². The van der Waals surface area contributed by atoms with Crippen LogP contribution in [-0.4, -0.2) is 80.2 Å². The van der Waals surface area contributed by atoms with Gasteiger partial charge in [-0.25, -0.2) is 30.5 Å². The molecule has 1 N–H and O–H groups in total. The van der Waals surface area contributed by atoms with E-state index in [0.717, 1.165) is 28.5 Å². The number of rotatable bonds is 6. The Labute approximate surface area is 216 Å². The van der Waals surface area contributed by atoms with Gasteiger partial charge in [0.2, 0.25) is 20.0 Å². The van der Waals surface area contributed by atoms with Crippen LogP contribution in [0.2, 0.25) is 0 Å². The van der Waals surface area contributed by atoms with Crippen molar-refractivity contribution in [2.45, 2.75) is 24.5 Å². The smallest absolute Gasteiger partial charge is 0.217 e. The summed E-state index contributed by atoms with van der Waals surface area (Å²) in [5.41, 5.74) is 3.87. The van der Waals surface area contributed by atoms with Crippen molar-refractivity contribution in [3.8, 4) is 16.9 Å². The molecular weight excluding hydrogens is 519 g/mol. The third-order valence-electron chi connectivity index (χ3n) is 7.15. The number of sulfonamides is 2. The highest BCUT2D eigenvalue weighted by molar-refractivity contribution is 7.89. The van der Waals surface area contributed by atoms with E-state index in [2.05, 4.69) is 9.97 Å². The second-order valence-corrected chi connectivity index (χ2v) is 13.6. The first-order valence-electron chi connectivity index (χ1n) is 12.0. The number of methoxy groups -OCH3 is 1. The van der Waals surface area contributed by atoms with Crippen LogP contribution in [-0.2, 0) is 20.0 Å². The van der Waals surface area contributed by atoms with Crippen LogP contribution in [0.5, 0.6) is 5.75 Å². The van der Waals surface area contributed by atoms with E-state index in [1.807, 2.05) is 18.2 Å². The van der Waals surface area contributed by atoms with Gasteiger partial charge in [0.05, 0.1) is 18.6 Å². The van der Waals surface area contributed by atoms with Crippen LogP contribution in [0.4, 0.5) is 4.39 Å². The first kappa shape index (κ1) is 25.8. The molecule has 1 aromatic carbocycles. The van der Waals surface area contributed by atoms with Gasteiger partial charge in [-0.3, -0.25) is 0 Å². The number of fused-ring (bicyclic) bond motifs is 1. The van der Waals surface area contributed by atoms with Crippen molar-refractivity contribution in [1.82, 2.24) is 18.6 Å². The predicted octanol–water partition coefficient (Wildman–Crippen LogP) is 3.22. The topological polar surface area (TPSA) is 113 Å². The van der Waals surface area contributed by atoms with Crippen LogP contribution < -0.4 is 4.74 Å². The van der Waals surface area contributed by atoms with Crippen LogP contribution in [0.25, 0.3) is 27.7 Å². The molecule has 1 fully saturated rings. The summed E-state index contributed by atoms with van der Waals surface area (Å²) in [4.78, 5) is 7.75. The van der Waals surface area contributed by atoms with Crippen molar-refractivity contribution in [2.75, 3.05) is 39.5 Å². The predicted molar refractivity (Wildman–Crippen MR) is 141 cm³/mol. The maximum atomic E-state index is 14.0. The van der Waals surface area contributed by atoms with E-state index >= 15 is 0 Å². The second kappa shape index (κ2) is 9.82. The van der Waals surface area contributed by atoms with Gasteiger partial charge >= 0.3 is 0 Å². The minimum Gasteiger partial charge on any atom is -0.496 e. The van der Waals surface area contributed by atoms with Crippen molar-refractivity contribution in [2.24, 2.45) is 0 Å². The van der Waals surface area contributed by atoms with Crippen molar-refractivity contribution in [1.29, 1.82) is 0 Å². The van der Waals surface area contributed by atoms with E-state index in [-0.39, 0.29) is 25.5 Å². The average molecular weight is 549 g/mol. The molecule has 37 heavy (non-hydrogen) atoms. The normalized spacial score (nSPS) is 18.7. The van der Waals surface area contributed by atoms with E-state index in [1.165, 1.54) is 20.7 Å². The Morgan fingerprint density at radius 1 is 1.03 bits per heavy atom. The Morgan fingerprint density at radius 3 is 2.43 bits per heavy atom. The number of hydrogen-bond donors (Lipinski definition) is 1. The molecule has 5 rings (SSSR count). The number of hydrogen-bond acceptors (Lipinski definition) is 6. The zero-order valence-corrected chi connectivity index (χ0v) is 22.3. The molecule has 0 atom stereocenters. The summed E-state index contributed by atoms with van der Waals surface area (Å²) in [7, 11) is -5.32. The first-order valence-corrected chi connectivity index (χ1v) is 15.4. The molecule has 0 saturated carbocycles. The maximum Gasteiger partial charge on any atom is 0.217 e. The molecule has 1 saturated heterocycles. The fourth-order valence-electron chi connectivity index (χ4n) is 5.12. The van der Waals surface area contributed by atoms with Gasteiger partial charge in [0, 0.05) is 49.0 Å². The molecule has 198 valence electrons. The second-order valence-electron chi connectivity index (χ2n) is 9.39. The fraction of sp³-hybridized carbons (Fsp3) is 0.400. The number of pyridine rings is 1. The van der Waals surface area contributed by atoms with E-state index in [9.17, 15) is 21.2 Å². The number of piperidine rings is 1. The summed E-state index contributed by atoms with van der Waals surface area (Å²) in [5, 5.41) is 0.233. The molecule has 0 unspecified atom stereocenters. The highest BCUT2D eigenvalue weighted by atomic mass is 32.2. The number of aromatic nitrogens is 2. The summed E-state index contributed by atoms with van der Waals surface area (Å²) >= 11 is 0. The number of ether oxygens (including phenoxy) is 1. The average Bonchev–Trinajstić information content (AvgIpc) is 3.33. The van der Waals surface area contributed by atoms with Crippen LogP contribution >= 0.6 is 0 Å². The molecule has 9 nitrogen and oxygen atoms in total. The third-order valence-corrected chi connectivity index (χ3v) is 10.8. The zero-order valence-electron chi connectivity index (χ0n) is 20.6. The van der Waals surface area contributed by atoms with Gasteiger partial charge in [-0.05, 0) is 60.7 Å². The summed E-state index contributed by atoms with van der Waals surface area (Å²) in [6.07, 6.45) is 5.81. The van der Waals surface area contributed by atoms with Crippen LogP contribution in [0.1, 0.15) is 25.0 Å². The molecule has 2 aromatic heterocycles. The SMILES string of the molecule is COc1ccc(F)cc1-c1ccnc2[nH]c(C3=CCN(S(=O)(=O)C4CCN(S(C)(=O)=O)CC4)CC3)cc12. The van der Waals surface area contributed by atoms with E-state index in [4.69, 9.17) is 4.74 Å².